The van der Waals surface area contributed by atoms with Crippen LogP contribution in [0.1, 0.15) is 42.4 Å². The van der Waals surface area contributed by atoms with Crippen LogP contribution in [0.5, 0.6) is 0 Å². The van der Waals surface area contributed by atoms with Gasteiger partial charge in [0.2, 0.25) is 5.91 Å². The highest BCUT2D eigenvalue weighted by Gasteiger charge is 2.20. The standard InChI is InChI=1S/C19H25N3O2/c1-6-22(11-18(23)20-12(2)3)19(24)16-10-14(5)21-17-8-7-13(4)9-15(16)17/h7-10,12H,6,11H2,1-5H3,(H,20,23). The molecule has 0 aliphatic rings. The van der Waals surface area contributed by atoms with Gasteiger partial charge >= 0.3 is 0 Å². The third-order valence-electron chi connectivity index (χ3n) is 3.78. The zero-order valence-electron chi connectivity index (χ0n) is 15.0. The molecule has 0 radical (unpaired) electrons. The molecule has 24 heavy (non-hydrogen) atoms. The maximum absolute atomic E-state index is 13.0. The Bertz CT molecular complexity index is 769. The van der Waals surface area contributed by atoms with Crippen molar-refractivity contribution in [2.24, 2.45) is 0 Å². The Morgan fingerprint density at radius 2 is 1.92 bits per heavy atom. The van der Waals surface area contributed by atoms with Crippen LogP contribution in [-0.2, 0) is 4.79 Å². The largest absolute Gasteiger partial charge is 0.352 e. The summed E-state index contributed by atoms with van der Waals surface area (Å²) in [5, 5.41) is 3.65. The molecule has 0 aliphatic heterocycles. The van der Waals surface area contributed by atoms with E-state index in [2.05, 4.69) is 10.3 Å². The van der Waals surface area contributed by atoms with Gasteiger partial charge in [0.15, 0.2) is 0 Å². The second-order valence-electron chi connectivity index (χ2n) is 6.37. The highest BCUT2D eigenvalue weighted by molar-refractivity contribution is 6.07. The lowest BCUT2D eigenvalue weighted by Gasteiger charge is -2.22. The van der Waals surface area contributed by atoms with Crippen LogP contribution in [0, 0.1) is 13.8 Å². The number of rotatable bonds is 5. The average molecular weight is 327 g/mol. The van der Waals surface area contributed by atoms with E-state index in [1.807, 2.05) is 52.8 Å². The number of nitrogens with zero attached hydrogens (tertiary/aromatic N) is 2. The minimum atomic E-state index is -0.147. The average Bonchev–Trinajstić information content (AvgIpc) is 2.51. The molecule has 0 aliphatic carbocycles. The molecule has 1 aromatic carbocycles. The van der Waals surface area contributed by atoms with Crippen molar-refractivity contribution in [1.29, 1.82) is 0 Å². The molecule has 2 aromatic rings. The second kappa shape index (κ2) is 7.43. The molecule has 0 unspecified atom stereocenters. The Kier molecular flexibility index (Phi) is 5.54. The molecule has 0 saturated carbocycles. The number of aryl methyl sites for hydroxylation is 2. The van der Waals surface area contributed by atoms with E-state index >= 15 is 0 Å². The second-order valence-corrected chi connectivity index (χ2v) is 6.37. The lowest BCUT2D eigenvalue weighted by Crippen LogP contribution is -2.42. The summed E-state index contributed by atoms with van der Waals surface area (Å²) < 4.78 is 0. The van der Waals surface area contributed by atoms with E-state index in [-0.39, 0.29) is 24.4 Å². The van der Waals surface area contributed by atoms with Crippen molar-refractivity contribution in [3.63, 3.8) is 0 Å². The fourth-order valence-electron chi connectivity index (χ4n) is 2.69. The molecule has 5 nitrogen and oxygen atoms in total. The van der Waals surface area contributed by atoms with E-state index in [1.54, 1.807) is 11.0 Å². The van der Waals surface area contributed by atoms with Crippen LogP contribution in [0.3, 0.4) is 0 Å². The SMILES string of the molecule is CCN(CC(=O)NC(C)C)C(=O)c1cc(C)nc2ccc(C)cc12. The molecule has 0 fully saturated rings. The third kappa shape index (κ3) is 4.10. The van der Waals surface area contributed by atoms with Gasteiger partial charge in [-0.05, 0) is 52.8 Å². The predicted molar refractivity (Wildman–Crippen MR) is 96.1 cm³/mol. The highest BCUT2D eigenvalue weighted by atomic mass is 16.2. The monoisotopic (exact) mass is 327 g/mol. The number of hydrogen-bond donors (Lipinski definition) is 1. The molecule has 0 saturated heterocycles. The molecule has 0 spiro atoms. The van der Waals surface area contributed by atoms with E-state index in [1.165, 1.54) is 0 Å². The molecule has 5 heteroatoms. The topological polar surface area (TPSA) is 62.3 Å². The van der Waals surface area contributed by atoms with E-state index < -0.39 is 0 Å². The summed E-state index contributed by atoms with van der Waals surface area (Å²) in [5.74, 6) is -0.288. The van der Waals surface area contributed by atoms with Gasteiger partial charge in [-0.2, -0.15) is 0 Å². The number of benzene rings is 1. The molecule has 1 N–H and O–H groups in total. The van der Waals surface area contributed by atoms with Crippen LogP contribution >= 0.6 is 0 Å². The van der Waals surface area contributed by atoms with Gasteiger partial charge in [0.1, 0.15) is 0 Å². The summed E-state index contributed by atoms with van der Waals surface area (Å²) in [6, 6.07) is 7.73. The van der Waals surface area contributed by atoms with Gasteiger partial charge in [0.05, 0.1) is 17.6 Å². The van der Waals surface area contributed by atoms with Crippen molar-refractivity contribution in [1.82, 2.24) is 15.2 Å². The predicted octanol–water partition coefficient (Wildman–Crippen LogP) is 2.84. The quantitative estimate of drug-likeness (QED) is 0.918. The minimum Gasteiger partial charge on any atom is -0.352 e. The van der Waals surface area contributed by atoms with Crippen LogP contribution in [0.25, 0.3) is 10.9 Å². The smallest absolute Gasteiger partial charge is 0.255 e. The first-order valence-electron chi connectivity index (χ1n) is 8.28. The van der Waals surface area contributed by atoms with Crippen molar-refractivity contribution in [2.45, 2.75) is 40.7 Å². The maximum Gasteiger partial charge on any atom is 0.255 e. The van der Waals surface area contributed by atoms with Crippen molar-refractivity contribution in [2.75, 3.05) is 13.1 Å². The van der Waals surface area contributed by atoms with E-state index in [0.29, 0.717) is 12.1 Å². The van der Waals surface area contributed by atoms with Crippen LogP contribution < -0.4 is 5.32 Å². The van der Waals surface area contributed by atoms with Crippen molar-refractivity contribution in [3.05, 3.63) is 41.1 Å². The zero-order chi connectivity index (χ0) is 17.9. The summed E-state index contributed by atoms with van der Waals surface area (Å²) in [6.07, 6.45) is 0. The lowest BCUT2D eigenvalue weighted by atomic mass is 10.0. The van der Waals surface area contributed by atoms with Crippen LogP contribution in [0.4, 0.5) is 0 Å². The summed E-state index contributed by atoms with van der Waals surface area (Å²) in [5.41, 5.74) is 3.26. The van der Waals surface area contributed by atoms with Gasteiger partial charge in [0.25, 0.3) is 5.91 Å². The van der Waals surface area contributed by atoms with Crippen molar-refractivity contribution < 1.29 is 9.59 Å². The van der Waals surface area contributed by atoms with Crippen LogP contribution in [-0.4, -0.2) is 40.8 Å². The molecule has 0 atom stereocenters. The Labute approximate surface area is 143 Å². The third-order valence-corrected chi connectivity index (χ3v) is 3.78. The molecule has 1 heterocycles. The molecular weight excluding hydrogens is 302 g/mol. The number of likely N-dealkylation sites (N-methyl/N-ethyl adjacent to an activating group) is 1. The van der Waals surface area contributed by atoms with Gasteiger partial charge in [-0.15, -0.1) is 0 Å². The number of amides is 2. The first kappa shape index (κ1) is 17.9. The summed E-state index contributed by atoms with van der Waals surface area (Å²) in [4.78, 5) is 31.1. The first-order valence-corrected chi connectivity index (χ1v) is 8.28. The fraction of sp³-hybridized carbons (Fsp3) is 0.421. The first-order chi connectivity index (χ1) is 11.3. The number of aromatic nitrogens is 1. The maximum atomic E-state index is 13.0. The van der Waals surface area contributed by atoms with Gasteiger partial charge < -0.3 is 10.2 Å². The Morgan fingerprint density at radius 1 is 1.21 bits per heavy atom. The molecule has 0 bridgehead atoms. The molecule has 128 valence electrons. The summed E-state index contributed by atoms with van der Waals surface area (Å²) in [6.45, 7) is 10.1. The summed E-state index contributed by atoms with van der Waals surface area (Å²) in [7, 11) is 0. The van der Waals surface area contributed by atoms with Gasteiger partial charge in [-0.1, -0.05) is 11.6 Å². The minimum absolute atomic E-state index is 0.0537. The number of carbonyl (C=O) groups excluding carboxylic acids is 2. The highest BCUT2D eigenvalue weighted by Crippen LogP contribution is 2.21. The number of nitrogens with one attached hydrogen (secondary N) is 1. The van der Waals surface area contributed by atoms with Gasteiger partial charge in [-0.3, -0.25) is 14.6 Å². The molecule has 2 rings (SSSR count). The Hall–Kier alpha value is -2.43. The summed E-state index contributed by atoms with van der Waals surface area (Å²) >= 11 is 0. The van der Waals surface area contributed by atoms with E-state index in [0.717, 1.165) is 22.2 Å². The number of pyridine rings is 1. The molecule has 2 amide bonds. The van der Waals surface area contributed by atoms with Gasteiger partial charge in [-0.25, -0.2) is 0 Å². The van der Waals surface area contributed by atoms with E-state index in [4.69, 9.17) is 0 Å². The number of fused-ring (bicyclic) bond motifs is 1. The zero-order valence-corrected chi connectivity index (χ0v) is 15.0. The fourth-order valence-corrected chi connectivity index (χ4v) is 2.69. The molecular formula is C19H25N3O2. The number of hydrogen-bond acceptors (Lipinski definition) is 3. The number of carbonyl (C=O) groups is 2. The van der Waals surface area contributed by atoms with Crippen molar-refractivity contribution >= 4 is 22.7 Å². The normalized spacial score (nSPS) is 10.9. The molecule has 1 aromatic heterocycles. The van der Waals surface area contributed by atoms with Crippen LogP contribution in [0.2, 0.25) is 0 Å². The van der Waals surface area contributed by atoms with Crippen molar-refractivity contribution in [3.8, 4) is 0 Å². The van der Waals surface area contributed by atoms with Crippen LogP contribution in [0.15, 0.2) is 24.3 Å². The lowest BCUT2D eigenvalue weighted by molar-refractivity contribution is -0.122. The Balaban J connectivity index is 2.38. The van der Waals surface area contributed by atoms with Gasteiger partial charge in [0, 0.05) is 23.7 Å². The van der Waals surface area contributed by atoms with E-state index in [9.17, 15) is 9.59 Å². The Morgan fingerprint density at radius 3 is 2.54 bits per heavy atom.